The van der Waals surface area contributed by atoms with Crippen LogP contribution in [0.3, 0.4) is 0 Å². The van der Waals surface area contributed by atoms with E-state index >= 15 is 0 Å². The van der Waals surface area contributed by atoms with E-state index in [0.29, 0.717) is 17.9 Å². The molecular weight excluding hydrogens is 433 g/mol. The molecule has 0 radical (unpaired) electrons. The van der Waals surface area contributed by atoms with Crippen molar-refractivity contribution < 1.29 is 18.5 Å². The lowest BCUT2D eigenvalue weighted by atomic mass is 10.1. The number of nitrogens with zero attached hydrogens (tertiary/aromatic N) is 2. The molecule has 1 heterocycles. The smallest absolute Gasteiger partial charge is 0.273 e. The third-order valence-electron chi connectivity index (χ3n) is 5.31. The molecule has 0 saturated carbocycles. The number of amides is 2. The quantitative estimate of drug-likeness (QED) is 0.409. The van der Waals surface area contributed by atoms with Gasteiger partial charge in [0.15, 0.2) is 11.5 Å². The first kappa shape index (κ1) is 22.9. The first-order valence-electron chi connectivity index (χ1n) is 10.9. The molecule has 2 amide bonds. The van der Waals surface area contributed by atoms with Gasteiger partial charge in [0.05, 0.1) is 6.54 Å². The van der Waals surface area contributed by atoms with E-state index in [4.69, 9.17) is 4.52 Å². The second kappa shape index (κ2) is 10.6. The van der Waals surface area contributed by atoms with Crippen molar-refractivity contribution in [1.29, 1.82) is 0 Å². The molecule has 0 fully saturated rings. The van der Waals surface area contributed by atoms with Crippen molar-refractivity contribution >= 4 is 11.8 Å². The maximum Gasteiger partial charge on any atom is 0.273 e. The molecule has 0 atom stereocenters. The van der Waals surface area contributed by atoms with Crippen LogP contribution in [0.15, 0.2) is 89.5 Å². The summed E-state index contributed by atoms with van der Waals surface area (Å²) in [7, 11) is 0. The van der Waals surface area contributed by atoms with Crippen molar-refractivity contribution in [2.24, 2.45) is 0 Å². The van der Waals surface area contributed by atoms with Crippen molar-refractivity contribution in [2.75, 3.05) is 0 Å². The van der Waals surface area contributed by atoms with Gasteiger partial charge in [-0.15, -0.1) is 0 Å². The Morgan fingerprint density at radius 2 is 1.59 bits per heavy atom. The van der Waals surface area contributed by atoms with Gasteiger partial charge in [-0.2, -0.15) is 0 Å². The van der Waals surface area contributed by atoms with Crippen LogP contribution in [0.5, 0.6) is 0 Å². The van der Waals surface area contributed by atoms with Crippen LogP contribution in [-0.2, 0) is 19.6 Å². The van der Waals surface area contributed by atoms with Crippen LogP contribution < -0.4 is 5.32 Å². The fourth-order valence-electron chi connectivity index (χ4n) is 3.43. The Kier molecular flexibility index (Phi) is 7.13. The number of carbonyl (C=O) groups excluding carboxylic acids is 2. The molecule has 0 saturated heterocycles. The van der Waals surface area contributed by atoms with E-state index in [1.807, 2.05) is 49.4 Å². The van der Waals surface area contributed by atoms with Crippen molar-refractivity contribution in [2.45, 2.75) is 26.6 Å². The van der Waals surface area contributed by atoms with E-state index in [1.165, 1.54) is 18.2 Å². The average molecular weight is 458 g/mol. The average Bonchev–Trinajstić information content (AvgIpc) is 3.33. The topological polar surface area (TPSA) is 75.4 Å². The van der Waals surface area contributed by atoms with E-state index in [2.05, 4.69) is 10.5 Å². The number of benzene rings is 3. The number of hydrogen-bond acceptors (Lipinski definition) is 4. The molecular formula is C27H24FN3O3. The van der Waals surface area contributed by atoms with Gasteiger partial charge < -0.3 is 14.7 Å². The number of nitrogens with one attached hydrogen (secondary N) is 1. The molecule has 172 valence electrons. The van der Waals surface area contributed by atoms with Gasteiger partial charge in [0, 0.05) is 24.7 Å². The van der Waals surface area contributed by atoms with Crippen LogP contribution >= 0.6 is 0 Å². The monoisotopic (exact) mass is 457 g/mol. The van der Waals surface area contributed by atoms with E-state index in [0.717, 1.165) is 16.7 Å². The summed E-state index contributed by atoms with van der Waals surface area (Å²) in [6.45, 7) is 2.77. The number of aromatic nitrogens is 1. The summed E-state index contributed by atoms with van der Waals surface area (Å²) in [4.78, 5) is 27.3. The van der Waals surface area contributed by atoms with E-state index in [-0.39, 0.29) is 30.5 Å². The Bertz CT molecular complexity index is 1250. The Morgan fingerprint density at radius 3 is 2.29 bits per heavy atom. The Morgan fingerprint density at radius 1 is 0.912 bits per heavy atom. The lowest BCUT2D eigenvalue weighted by Gasteiger charge is -2.22. The van der Waals surface area contributed by atoms with Crippen molar-refractivity contribution in [3.8, 4) is 0 Å². The zero-order valence-electron chi connectivity index (χ0n) is 18.7. The summed E-state index contributed by atoms with van der Waals surface area (Å²) < 4.78 is 18.4. The third-order valence-corrected chi connectivity index (χ3v) is 5.31. The third kappa shape index (κ3) is 5.95. The van der Waals surface area contributed by atoms with E-state index < -0.39 is 5.91 Å². The minimum absolute atomic E-state index is 0.111. The van der Waals surface area contributed by atoms with E-state index in [1.54, 1.807) is 29.2 Å². The number of hydrogen-bond donors (Lipinski definition) is 1. The first-order valence-corrected chi connectivity index (χ1v) is 10.9. The molecule has 4 rings (SSSR count). The van der Waals surface area contributed by atoms with Crippen molar-refractivity contribution in [3.63, 3.8) is 0 Å². The van der Waals surface area contributed by atoms with Gasteiger partial charge in [-0.05, 0) is 42.3 Å². The highest BCUT2D eigenvalue weighted by Gasteiger charge is 2.20. The Balaban J connectivity index is 1.46. The molecule has 6 nitrogen and oxygen atoms in total. The van der Waals surface area contributed by atoms with Crippen molar-refractivity contribution in [3.05, 3.63) is 124 Å². The maximum absolute atomic E-state index is 13.2. The molecule has 1 N–H and O–H groups in total. The Labute approximate surface area is 197 Å². The minimum Gasteiger partial charge on any atom is -0.359 e. The summed E-state index contributed by atoms with van der Waals surface area (Å²) in [6.07, 6.45) is 0. The molecule has 0 spiro atoms. The van der Waals surface area contributed by atoms with Crippen molar-refractivity contribution in [1.82, 2.24) is 15.4 Å². The van der Waals surface area contributed by atoms with E-state index in [9.17, 15) is 14.0 Å². The fraction of sp³-hybridized carbons (Fsp3) is 0.148. The largest absolute Gasteiger partial charge is 0.359 e. The summed E-state index contributed by atoms with van der Waals surface area (Å²) in [5.41, 5.74) is 3.55. The molecule has 4 aromatic rings. The fourth-order valence-corrected chi connectivity index (χ4v) is 3.43. The predicted octanol–water partition coefficient (Wildman–Crippen LogP) is 4.89. The standard InChI is InChI=1S/C27H24FN3O3/c1-19-7-9-21(10-8-19)17-31(27(33)22-5-3-2-4-6-22)18-24-15-25(30-34-24)26(32)29-16-20-11-13-23(28)14-12-20/h2-15H,16-18H2,1H3,(H,29,32). The van der Waals surface area contributed by atoms with Crippen LogP contribution in [0.1, 0.15) is 43.3 Å². The highest BCUT2D eigenvalue weighted by molar-refractivity contribution is 5.94. The summed E-state index contributed by atoms with van der Waals surface area (Å²) >= 11 is 0. The van der Waals surface area contributed by atoms with Crippen LogP contribution in [-0.4, -0.2) is 21.9 Å². The summed E-state index contributed by atoms with van der Waals surface area (Å²) in [5.74, 6) is -0.515. The normalized spacial score (nSPS) is 10.6. The summed E-state index contributed by atoms with van der Waals surface area (Å²) in [6, 6.07) is 24.4. The predicted molar refractivity (Wildman–Crippen MR) is 125 cm³/mol. The SMILES string of the molecule is Cc1ccc(CN(Cc2cc(C(=O)NCc3ccc(F)cc3)no2)C(=O)c2ccccc2)cc1. The highest BCUT2D eigenvalue weighted by Crippen LogP contribution is 2.16. The molecule has 0 aliphatic rings. The minimum atomic E-state index is -0.418. The van der Waals surface area contributed by atoms with Gasteiger partial charge in [-0.3, -0.25) is 9.59 Å². The highest BCUT2D eigenvalue weighted by atomic mass is 19.1. The van der Waals surface area contributed by atoms with Gasteiger partial charge in [-0.25, -0.2) is 4.39 Å². The zero-order valence-corrected chi connectivity index (χ0v) is 18.7. The molecule has 0 aliphatic carbocycles. The molecule has 0 aliphatic heterocycles. The van der Waals surface area contributed by atoms with Gasteiger partial charge in [0.1, 0.15) is 5.82 Å². The van der Waals surface area contributed by atoms with Gasteiger partial charge in [0.2, 0.25) is 0 Å². The second-order valence-electron chi connectivity index (χ2n) is 8.00. The van der Waals surface area contributed by atoms with Gasteiger partial charge >= 0.3 is 0 Å². The maximum atomic E-state index is 13.2. The zero-order chi connectivity index (χ0) is 23.9. The lowest BCUT2D eigenvalue weighted by Crippen LogP contribution is -2.30. The molecule has 0 bridgehead atoms. The number of carbonyl (C=O) groups is 2. The number of halogens is 1. The molecule has 0 unspecified atom stereocenters. The molecule has 3 aromatic carbocycles. The van der Waals surface area contributed by atoms with Crippen LogP contribution in [0, 0.1) is 12.7 Å². The van der Waals surface area contributed by atoms with Crippen LogP contribution in [0.4, 0.5) is 4.39 Å². The molecule has 34 heavy (non-hydrogen) atoms. The number of rotatable bonds is 8. The van der Waals surface area contributed by atoms with Gasteiger partial charge in [-0.1, -0.05) is 65.3 Å². The van der Waals surface area contributed by atoms with Crippen LogP contribution in [0.2, 0.25) is 0 Å². The first-order chi connectivity index (χ1) is 16.5. The Hall–Kier alpha value is -4.26. The lowest BCUT2D eigenvalue weighted by molar-refractivity contribution is 0.0713. The molecule has 7 heteroatoms. The molecule has 1 aromatic heterocycles. The van der Waals surface area contributed by atoms with Gasteiger partial charge in [0.25, 0.3) is 11.8 Å². The second-order valence-corrected chi connectivity index (χ2v) is 8.00. The number of aryl methyl sites for hydroxylation is 1. The van der Waals surface area contributed by atoms with Crippen LogP contribution in [0.25, 0.3) is 0 Å². The summed E-state index contributed by atoms with van der Waals surface area (Å²) in [5, 5.41) is 6.59.